The van der Waals surface area contributed by atoms with Crippen molar-refractivity contribution in [3.63, 3.8) is 0 Å². The number of carbonyl (C=O) groups is 3. The van der Waals surface area contributed by atoms with Crippen LogP contribution in [0.25, 0.3) is 0 Å². The minimum absolute atomic E-state index is 0.0361. The number of para-hydroxylation sites is 1. The van der Waals surface area contributed by atoms with Gasteiger partial charge >= 0.3 is 0 Å². The maximum Gasteiger partial charge on any atom is 0.273 e. The molecule has 2 aromatic rings. The Morgan fingerprint density at radius 2 is 1.59 bits per heavy atom. The fourth-order valence-corrected chi connectivity index (χ4v) is 3.67. The average molecular weight is 438 g/mol. The number of unbranched alkanes of at least 4 members (excludes halogenated alkanes) is 1. The molecular weight excluding hydrogens is 406 g/mol. The number of nitrogens with one attached hydrogen (secondary N) is 3. The van der Waals surface area contributed by atoms with Crippen LogP contribution in [0, 0.1) is 5.92 Å². The molecule has 1 fully saturated rings. The largest absolute Gasteiger partial charge is 0.493 e. The van der Waals surface area contributed by atoms with Gasteiger partial charge in [-0.2, -0.15) is 0 Å². The standard InChI is InChI=1S/C25H31N3O4/c1-2-3-17-32-22-12-8-7-11-21(22)25(31)28-27-24(30)19-13-15-20(16-14-19)26-23(29)18-9-5-4-6-10-18/h7-8,11-16,18H,2-6,9-10,17H2,1H3,(H,26,29)(H,27,30)(H,28,31). The number of hydrogen-bond acceptors (Lipinski definition) is 4. The van der Waals surface area contributed by atoms with E-state index in [4.69, 9.17) is 4.74 Å². The molecule has 32 heavy (non-hydrogen) atoms. The molecule has 0 aromatic heterocycles. The quantitative estimate of drug-likeness (QED) is 0.420. The van der Waals surface area contributed by atoms with Crippen LogP contribution >= 0.6 is 0 Å². The Kier molecular flexibility index (Phi) is 8.66. The zero-order valence-corrected chi connectivity index (χ0v) is 18.5. The van der Waals surface area contributed by atoms with Gasteiger partial charge in [0.1, 0.15) is 5.75 Å². The Morgan fingerprint density at radius 1 is 0.906 bits per heavy atom. The van der Waals surface area contributed by atoms with Crippen LogP contribution in [-0.2, 0) is 4.79 Å². The minimum atomic E-state index is -0.457. The van der Waals surface area contributed by atoms with Gasteiger partial charge in [0.05, 0.1) is 12.2 Å². The average Bonchev–Trinajstić information content (AvgIpc) is 2.84. The van der Waals surface area contributed by atoms with Gasteiger partial charge in [-0.1, -0.05) is 44.7 Å². The number of anilines is 1. The van der Waals surface area contributed by atoms with Crippen LogP contribution < -0.4 is 20.9 Å². The number of benzene rings is 2. The third-order valence-corrected chi connectivity index (χ3v) is 5.57. The molecule has 0 saturated heterocycles. The molecule has 7 heteroatoms. The molecule has 0 spiro atoms. The molecule has 3 rings (SSSR count). The molecule has 0 bridgehead atoms. The monoisotopic (exact) mass is 437 g/mol. The highest BCUT2D eigenvalue weighted by atomic mass is 16.5. The number of ether oxygens (including phenoxy) is 1. The van der Waals surface area contributed by atoms with Crippen LogP contribution in [0.2, 0.25) is 0 Å². The Bertz CT molecular complexity index is 921. The normalized spacial score (nSPS) is 13.8. The van der Waals surface area contributed by atoms with Crippen molar-refractivity contribution in [1.29, 1.82) is 0 Å². The van der Waals surface area contributed by atoms with Crippen LogP contribution in [-0.4, -0.2) is 24.3 Å². The summed E-state index contributed by atoms with van der Waals surface area (Å²) in [6.07, 6.45) is 7.13. The first-order chi connectivity index (χ1) is 15.6. The molecule has 1 saturated carbocycles. The fraction of sp³-hybridized carbons (Fsp3) is 0.400. The van der Waals surface area contributed by atoms with Crippen molar-refractivity contribution in [2.24, 2.45) is 5.92 Å². The summed E-state index contributed by atoms with van der Waals surface area (Å²) >= 11 is 0. The van der Waals surface area contributed by atoms with Gasteiger partial charge in [0, 0.05) is 17.2 Å². The van der Waals surface area contributed by atoms with Gasteiger partial charge < -0.3 is 10.1 Å². The zero-order chi connectivity index (χ0) is 22.8. The van der Waals surface area contributed by atoms with Crippen molar-refractivity contribution in [1.82, 2.24) is 10.9 Å². The van der Waals surface area contributed by atoms with Crippen LogP contribution in [0.1, 0.15) is 72.6 Å². The van der Waals surface area contributed by atoms with Gasteiger partial charge in [-0.3, -0.25) is 25.2 Å². The van der Waals surface area contributed by atoms with Gasteiger partial charge in [-0.25, -0.2) is 0 Å². The highest BCUT2D eigenvalue weighted by Crippen LogP contribution is 2.25. The summed E-state index contributed by atoms with van der Waals surface area (Å²) in [7, 11) is 0. The van der Waals surface area contributed by atoms with Crippen molar-refractivity contribution in [3.8, 4) is 5.75 Å². The molecule has 3 N–H and O–H groups in total. The Morgan fingerprint density at radius 3 is 2.31 bits per heavy atom. The molecule has 7 nitrogen and oxygen atoms in total. The molecule has 0 atom stereocenters. The first kappa shape index (κ1) is 23.3. The van der Waals surface area contributed by atoms with E-state index in [1.54, 1.807) is 48.5 Å². The van der Waals surface area contributed by atoms with Crippen molar-refractivity contribution in [3.05, 3.63) is 59.7 Å². The Hall–Kier alpha value is -3.35. The van der Waals surface area contributed by atoms with E-state index in [-0.39, 0.29) is 11.8 Å². The predicted octanol–water partition coefficient (Wildman–Crippen LogP) is 4.46. The van der Waals surface area contributed by atoms with Gasteiger partial charge in [0.25, 0.3) is 11.8 Å². The molecule has 1 aliphatic rings. The first-order valence-corrected chi connectivity index (χ1v) is 11.3. The Labute approximate surface area is 188 Å². The highest BCUT2D eigenvalue weighted by molar-refractivity contribution is 6.00. The van der Waals surface area contributed by atoms with E-state index in [0.717, 1.165) is 38.5 Å². The van der Waals surface area contributed by atoms with Crippen molar-refractivity contribution in [2.75, 3.05) is 11.9 Å². The first-order valence-electron chi connectivity index (χ1n) is 11.3. The lowest BCUT2D eigenvalue weighted by Crippen LogP contribution is -2.41. The molecule has 3 amide bonds. The van der Waals surface area contributed by atoms with Gasteiger partial charge in [-0.05, 0) is 55.7 Å². The molecule has 2 aromatic carbocycles. The maximum atomic E-state index is 12.5. The number of hydrogen-bond donors (Lipinski definition) is 3. The Balaban J connectivity index is 1.51. The van der Waals surface area contributed by atoms with Crippen molar-refractivity contribution in [2.45, 2.75) is 51.9 Å². The molecule has 0 unspecified atom stereocenters. The van der Waals surface area contributed by atoms with Gasteiger partial charge in [0.15, 0.2) is 0 Å². The molecule has 0 aliphatic heterocycles. The third kappa shape index (κ3) is 6.57. The highest BCUT2D eigenvalue weighted by Gasteiger charge is 2.21. The molecule has 1 aliphatic carbocycles. The second-order valence-corrected chi connectivity index (χ2v) is 8.01. The summed E-state index contributed by atoms with van der Waals surface area (Å²) in [4.78, 5) is 37.3. The van der Waals surface area contributed by atoms with Crippen LogP contribution in [0.4, 0.5) is 5.69 Å². The van der Waals surface area contributed by atoms with Gasteiger partial charge in [-0.15, -0.1) is 0 Å². The van der Waals surface area contributed by atoms with E-state index in [1.807, 2.05) is 0 Å². The zero-order valence-electron chi connectivity index (χ0n) is 18.5. The number of carbonyl (C=O) groups excluding carboxylic acids is 3. The van der Waals surface area contributed by atoms with Crippen LogP contribution in [0.3, 0.4) is 0 Å². The van der Waals surface area contributed by atoms with E-state index in [9.17, 15) is 14.4 Å². The summed E-state index contributed by atoms with van der Waals surface area (Å²) in [5.74, 6) is -0.329. The van der Waals surface area contributed by atoms with E-state index in [1.165, 1.54) is 6.42 Å². The molecular formula is C25H31N3O4. The summed E-state index contributed by atoms with van der Waals surface area (Å²) in [5.41, 5.74) is 6.22. The van der Waals surface area contributed by atoms with E-state index in [2.05, 4.69) is 23.1 Å². The molecule has 0 heterocycles. The van der Waals surface area contributed by atoms with E-state index < -0.39 is 11.8 Å². The second kappa shape index (κ2) is 11.9. The summed E-state index contributed by atoms with van der Waals surface area (Å²) in [6.45, 7) is 2.59. The van der Waals surface area contributed by atoms with Crippen LogP contribution in [0.5, 0.6) is 5.75 Å². The lowest BCUT2D eigenvalue weighted by Gasteiger charge is -2.20. The van der Waals surface area contributed by atoms with Crippen molar-refractivity contribution < 1.29 is 19.1 Å². The topological polar surface area (TPSA) is 96.5 Å². The van der Waals surface area contributed by atoms with E-state index >= 15 is 0 Å². The molecule has 170 valence electrons. The minimum Gasteiger partial charge on any atom is -0.493 e. The maximum absolute atomic E-state index is 12.5. The molecule has 0 radical (unpaired) electrons. The smallest absolute Gasteiger partial charge is 0.273 e. The SMILES string of the molecule is CCCCOc1ccccc1C(=O)NNC(=O)c1ccc(NC(=O)C2CCCCC2)cc1. The van der Waals surface area contributed by atoms with Crippen LogP contribution in [0.15, 0.2) is 48.5 Å². The second-order valence-electron chi connectivity index (χ2n) is 8.01. The lowest BCUT2D eigenvalue weighted by atomic mass is 9.88. The van der Waals surface area contributed by atoms with Crippen molar-refractivity contribution >= 4 is 23.4 Å². The number of amides is 3. The predicted molar refractivity (Wildman–Crippen MR) is 123 cm³/mol. The summed E-state index contributed by atoms with van der Waals surface area (Å²) < 4.78 is 5.67. The van der Waals surface area contributed by atoms with Gasteiger partial charge in [0.2, 0.25) is 5.91 Å². The third-order valence-electron chi connectivity index (χ3n) is 5.57. The lowest BCUT2D eigenvalue weighted by molar-refractivity contribution is -0.120. The number of rotatable bonds is 8. The fourth-order valence-electron chi connectivity index (χ4n) is 3.67. The summed E-state index contributed by atoms with van der Waals surface area (Å²) in [6, 6.07) is 13.5. The summed E-state index contributed by atoms with van der Waals surface area (Å²) in [5, 5.41) is 2.92. The van der Waals surface area contributed by atoms with E-state index in [0.29, 0.717) is 29.2 Å². The number of hydrazine groups is 1.